The molecule has 0 bridgehead atoms. The second-order valence-corrected chi connectivity index (χ2v) is 6.21. The highest BCUT2D eigenvalue weighted by atomic mass is 19.1. The SMILES string of the molecule is Cc1cc(C)n(-c2ccc(NC(=O)C(=O)/C=C/c3ccc(F)cc3)cc2F)n1. The predicted octanol–water partition coefficient (Wildman–Crippen LogP) is 3.99. The van der Waals surface area contributed by atoms with Crippen molar-refractivity contribution in [3.63, 3.8) is 0 Å². The number of hydrogen-bond donors (Lipinski definition) is 1. The predicted molar refractivity (Wildman–Crippen MR) is 102 cm³/mol. The van der Waals surface area contributed by atoms with Crippen LogP contribution in [0, 0.1) is 25.5 Å². The topological polar surface area (TPSA) is 64.0 Å². The van der Waals surface area contributed by atoms with Crippen molar-refractivity contribution in [2.75, 3.05) is 5.32 Å². The van der Waals surface area contributed by atoms with Crippen LogP contribution in [0.5, 0.6) is 0 Å². The van der Waals surface area contributed by atoms with Crippen molar-refractivity contribution in [1.82, 2.24) is 9.78 Å². The minimum atomic E-state index is -0.906. The van der Waals surface area contributed by atoms with Gasteiger partial charge in [-0.1, -0.05) is 18.2 Å². The van der Waals surface area contributed by atoms with E-state index in [-0.39, 0.29) is 11.4 Å². The molecule has 1 N–H and O–H groups in total. The van der Waals surface area contributed by atoms with Gasteiger partial charge in [0.05, 0.1) is 5.69 Å². The maximum atomic E-state index is 14.4. The van der Waals surface area contributed by atoms with Gasteiger partial charge in [-0.05, 0) is 61.9 Å². The van der Waals surface area contributed by atoms with Crippen molar-refractivity contribution in [2.45, 2.75) is 13.8 Å². The number of rotatable bonds is 5. The maximum absolute atomic E-state index is 14.4. The number of aryl methyl sites for hydroxylation is 2. The highest BCUT2D eigenvalue weighted by Crippen LogP contribution is 2.20. The highest BCUT2D eigenvalue weighted by molar-refractivity contribution is 6.45. The zero-order chi connectivity index (χ0) is 20.3. The third-order valence-corrected chi connectivity index (χ3v) is 3.96. The van der Waals surface area contributed by atoms with Gasteiger partial charge in [0.2, 0.25) is 5.78 Å². The molecule has 1 amide bonds. The number of amides is 1. The first-order valence-electron chi connectivity index (χ1n) is 8.45. The van der Waals surface area contributed by atoms with E-state index in [9.17, 15) is 18.4 Å². The van der Waals surface area contributed by atoms with Crippen LogP contribution in [0.3, 0.4) is 0 Å². The number of ketones is 1. The van der Waals surface area contributed by atoms with Crippen molar-refractivity contribution in [3.05, 3.63) is 83.2 Å². The van der Waals surface area contributed by atoms with Gasteiger partial charge < -0.3 is 5.32 Å². The van der Waals surface area contributed by atoms with Gasteiger partial charge in [0.25, 0.3) is 5.91 Å². The zero-order valence-corrected chi connectivity index (χ0v) is 15.2. The molecule has 0 aliphatic heterocycles. The zero-order valence-electron chi connectivity index (χ0n) is 15.2. The second kappa shape index (κ2) is 7.96. The van der Waals surface area contributed by atoms with Crippen LogP contribution >= 0.6 is 0 Å². The Morgan fingerprint density at radius 3 is 2.36 bits per heavy atom. The van der Waals surface area contributed by atoms with Gasteiger partial charge in [-0.3, -0.25) is 9.59 Å². The number of hydrogen-bond acceptors (Lipinski definition) is 3. The molecule has 0 saturated carbocycles. The molecule has 0 radical (unpaired) electrons. The fraction of sp³-hybridized carbons (Fsp3) is 0.0952. The summed E-state index contributed by atoms with van der Waals surface area (Å²) >= 11 is 0. The van der Waals surface area contributed by atoms with Gasteiger partial charge in [-0.15, -0.1) is 0 Å². The summed E-state index contributed by atoms with van der Waals surface area (Å²) in [5.41, 5.74) is 2.49. The molecule has 2 aromatic carbocycles. The smallest absolute Gasteiger partial charge is 0.296 e. The van der Waals surface area contributed by atoms with Gasteiger partial charge in [0.1, 0.15) is 11.5 Å². The Morgan fingerprint density at radius 1 is 1.04 bits per heavy atom. The highest BCUT2D eigenvalue weighted by Gasteiger charge is 2.14. The lowest BCUT2D eigenvalue weighted by molar-refractivity contribution is -0.131. The number of nitrogens with zero attached hydrogens (tertiary/aromatic N) is 2. The van der Waals surface area contributed by atoms with E-state index in [0.717, 1.165) is 23.5 Å². The monoisotopic (exact) mass is 381 g/mol. The molecule has 0 saturated heterocycles. The number of benzene rings is 2. The van der Waals surface area contributed by atoms with Crippen LogP contribution in [-0.4, -0.2) is 21.5 Å². The summed E-state index contributed by atoms with van der Waals surface area (Å²) < 4.78 is 28.8. The third-order valence-electron chi connectivity index (χ3n) is 3.96. The normalized spacial score (nSPS) is 11.0. The first-order valence-corrected chi connectivity index (χ1v) is 8.45. The Labute approximate surface area is 160 Å². The first kappa shape index (κ1) is 19.2. The van der Waals surface area contributed by atoms with Crippen LogP contribution in [0.15, 0.2) is 54.6 Å². The molecule has 142 valence electrons. The van der Waals surface area contributed by atoms with E-state index in [0.29, 0.717) is 5.56 Å². The van der Waals surface area contributed by atoms with Crippen molar-refractivity contribution >= 4 is 23.5 Å². The van der Waals surface area contributed by atoms with Crippen molar-refractivity contribution in [2.24, 2.45) is 0 Å². The van der Waals surface area contributed by atoms with Gasteiger partial charge in [-0.2, -0.15) is 5.10 Å². The fourth-order valence-electron chi connectivity index (χ4n) is 2.64. The minimum absolute atomic E-state index is 0.149. The number of nitrogens with one attached hydrogen (secondary N) is 1. The summed E-state index contributed by atoms with van der Waals surface area (Å²) in [4.78, 5) is 23.9. The fourth-order valence-corrected chi connectivity index (χ4v) is 2.64. The van der Waals surface area contributed by atoms with Crippen LogP contribution in [0.1, 0.15) is 17.0 Å². The number of halogens is 2. The third kappa shape index (κ3) is 4.37. The molecule has 1 heterocycles. The van der Waals surface area contributed by atoms with Gasteiger partial charge in [-0.25, -0.2) is 13.5 Å². The minimum Gasteiger partial charge on any atom is -0.319 e. The van der Waals surface area contributed by atoms with Gasteiger partial charge in [0, 0.05) is 11.4 Å². The van der Waals surface area contributed by atoms with E-state index < -0.39 is 23.3 Å². The Bertz CT molecular complexity index is 1070. The lowest BCUT2D eigenvalue weighted by Crippen LogP contribution is -2.20. The van der Waals surface area contributed by atoms with Crippen LogP contribution in [0.4, 0.5) is 14.5 Å². The summed E-state index contributed by atoms with van der Waals surface area (Å²) in [7, 11) is 0. The van der Waals surface area contributed by atoms with Crippen molar-refractivity contribution < 1.29 is 18.4 Å². The summed E-state index contributed by atoms with van der Waals surface area (Å²) in [6.07, 6.45) is 2.47. The summed E-state index contributed by atoms with van der Waals surface area (Å²) in [6.45, 7) is 3.61. The quantitative estimate of drug-likeness (QED) is 0.537. The van der Waals surface area contributed by atoms with Crippen LogP contribution in [-0.2, 0) is 9.59 Å². The molecule has 0 aliphatic carbocycles. The lowest BCUT2D eigenvalue weighted by atomic mass is 10.2. The molecule has 5 nitrogen and oxygen atoms in total. The number of carbonyl (C=O) groups excluding carboxylic acids is 2. The number of anilines is 1. The van der Waals surface area contributed by atoms with E-state index in [4.69, 9.17) is 0 Å². The van der Waals surface area contributed by atoms with Crippen LogP contribution in [0.25, 0.3) is 11.8 Å². The van der Waals surface area contributed by atoms with E-state index in [1.165, 1.54) is 47.2 Å². The molecule has 0 aliphatic rings. The molecule has 0 fully saturated rings. The molecule has 28 heavy (non-hydrogen) atoms. The molecule has 7 heteroatoms. The molecular weight excluding hydrogens is 364 g/mol. The summed E-state index contributed by atoms with van der Waals surface area (Å²) in [5, 5.41) is 6.58. The van der Waals surface area contributed by atoms with Crippen molar-refractivity contribution in [1.29, 1.82) is 0 Å². The second-order valence-electron chi connectivity index (χ2n) is 6.21. The Morgan fingerprint density at radius 2 is 1.75 bits per heavy atom. The Kier molecular flexibility index (Phi) is 5.44. The van der Waals surface area contributed by atoms with Crippen molar-refractivity contribution in [3.8, 4) is 5.69 Å². The molecule has 3 aromatic rings. The summed E-state index contributed by atoms with van der Waals surface area (Å²) in [6, 6.07) is 11.4. The lowest BCUT2D eigenvalue weighted by Gasteiger charge is -2.08. The number of aromatic nitrogens is 2. The standard InChI is InChI=1S/C21H17F2N3O2/c1-13-11-14(2)26(25-13)19-9-8-17(12-18(19)23)24-21(28)20(27)10-5-15-3-6-16(22)7-4-15/h3-12H,1-2H3,(H,24,28)/b10-5+. The molecule has 0 unspecified atom stereocenters. The van der Waals surface area contributed by atoms with Gasteiger partial charge in [0.15, 0.2) is 5.82 Å². The molecule has 3 rings (SSSR count). The molecule has 0 spiro atoms. The first-order chi connectivity index (χ1) is 13.3. The average Bonchev–Trinajstić information content (AvgIpc) is 2.99. The Hall–Kier alpha value is -3.61. The van der Waals surface area contributed by atoms with E-state index in [2.05, 4.69) is 10.4 Å². The average molecular weight is 381 g/mol. The van der Waals surface area contributed by atoms with Crippen LogP contribution < -0.4 is 5.32 Å². The van der Waals surface area contributed by atoms with E-state index >= 15 is 0 Å². The van der Waals surface area contributed by atoms with Gasteiger partial charge >= 0.3 is 0 Å². The number of carbonyl (C=O) groups is 2. The molecule has 1 aromatic heterocycles. The van der Waals surface area contributed by atoms with E-state index in [1.54, 1.807) is 13.8 Å². The van der Waals surface area contributed by atoms with Crippen LogP contribution in [0.2, 0.25) is 0 Å². The molecular formula is C21H17F2N3O2. The van der Waals surface area contributed by atoms with E-state index in [1.807, 2.05) is 6.07 Å². The Balaban J connectivity index is 1.70. The molecule has 0 atom stereocenters. The largest absolute Gasteiger partial charge is 0.319 e. The maximum Gasteiger partial charge on any atom is 0.296 e. The summed E-state index contributed by atoms with van der Waals surface area (Å²) in [5.74, 6) is -2.70.